The maximum atomic E-state index is 13.0. The number of cyclic esters (lactones) is 1. The molecule has 1 aliphatic rings. The second-order valence-electron chi connectivity index (χ2n) is 12.0. The zero-order valence-corrected chi connectivity index (χ0v) is 28.2. The van der Waals surface area contributed by atoms with E-state index >= 15 is 0 Å². The Labute approximate surface area is 258 Å². The van der Waals surface area contributed by atoms with Gasteiger partial charge in [0.05, 0.1) is 18.1 Å². The van der Waals surface area contributed by atoms with Crippen LogP contribution in [-0.2, 0) is 18.7 Å². The Balaban J connectivity index is 2.25. The van der Waals surface area contributed by atoms with Gasteiger partial charge in [-0.25, -0.2) is 4.79 Å². The maximum absolute atomic E-state index is 13.0. The van der Waals surface area contributed by atoms with Crippen molar-refractivity contribution < 1.29 is 23.8 Å². The van der Waals surface area contributed by atoms with E-state index in [2.05, 4.69) is 75.4 Å². The number of hydrogen-bond donors (Lipinski definition) is 1. The summed E-state index contributed by atoms with van der Waals surface area (Å²) in [6.07, 6.45) is 6.02. The number of carbonyl (C=O) groups excluding carboxylic acids is 1. The molecule has 1 N–H and O–H groups in total. The molecule has 1 heterocycles. The predicted molar refractivity (Wildman–Crippen MR) is 178 cm³/mol. The van der Waals surface area contributed by atoms with E-state index in [0.29, 0.717) is 24.4 Å². The van der Waals surface area contributed by atoms with Gasteiger partial charge in [0.25, 0.3) is 8.32 Å². The van der Waals surface area contributed by atoms with Crippen molar-refractivity contribution >= 4 is 36.4 Å². The molecule has 7 heteroatoms. The van der Waals surface area contributed by atoms with E-state index in [1.54, 1.807) is 18.7 Å². The minimum Gasteiger partial charge on any atom is -0.454 e. The smallest absolute Gasteiger partial charge is 0.333 e. The van der Waals surface area contributed by atoms with Crippen LogP contribution in [-0.4, -0.2) is 56.0 Å². The summed E-state index contributed by atoms with van der Waals surface area (Å²) in [6, 6.07) is 20.9. The highest BCUT2D eigenvalue weighted by molar-refractivity contribution is 7.98. The van der Waals surface area contributed by atoms with Gasteiger partial charge in [-0.05, 0) is 66.9 Å². The number of hydrogen-bond acceptors (Lipinski definition) is 6. The van der Waals surface area contributed by atoms with Gasteiger partial charge < -0.3 is 19.0 Å². The van der Waals surface area contributed by atoms with Crippen LogP contribution in [0.2, 0.25) is 5.04 Å². The van der Waals surface area contributed by atoms with Crippen LogP contribution in [0.1, 0.15) is 61.3 Å². The van der Waals surface area contributed by atoms with Gasteiger partial charge in [-0.15, -0.1) is 11.8 Å². The number of esters is 1. The van der Waals surface area contributed by atoms with E-state index in [-0.39, 0.29) is 11.0 Å². The first-order chi connectivity index (χ1) is 20.0. The van der Waals surface area contributed by atoms with Crippen LogP contribution in [0.25, 0.3) is 0 Å². The molecule has 1 aliphatic heterocycles. The van der Waals surface area contributed by atoms with Crippen LogP contribution >= 0.6 is 11.8 Å². The first kappa shape index (κ1) is 34.1. The number of aliphatic hydroxyl groups excluding tert-OH is 1. The van der Waals surface area contributed by atoms with E-state index in [9.17, 15) is 9.90 Å². The molecule has 0 amide bonds. The molecule has 5 nitrogen and oxygen atoms in total. The van der Waals surface area contributed by atoms with Crippen molar-refractivity contribution in [3.8, 4) is 0 Å². The minimum atomic E-state index is -3.02. The summed E-state index contributed by atoms with van der Waals surface area (Å²) in [5.74, 6) is 0.0575. The molecule has 0 bridgehead atoms. The van der Waals surface area contributed by atoms with Gasteiger partial charge >= 0.3 is 5.97 Å². The molecule has 4 atom stereocenters. The van der Waals surface area contributed by atoms with Crippen LogP contribution in [0.3, 0.4) is 0 Å². The third-order valence-electron chi connectivity index (χ3n) is 8.11. The molecule has 2 aromatic rings. The van der Waals surface area contributed by atoms with E-state index in [1.165, 1.54) is 0 Å². The monoisotopic (exact) mass is 608 g/mol. The summed E-state index contributed by atoms with van der Waals surface area (Å²) in [4.78, 5) is 13.0. The number of allylic oxidation sites excluding steroid dienone is 1. The molecule has 0 aliphatic carbocycles. The molecule has 0 saturated carbocycles. The summed E-state index contributed by atoms with van der Waals surface area (Å²) >= 11 is 1.55. The van der Waals surface area contributed by atoms with Crippen LogP contribution in [0.4, 0.5) is 0 Å². The predicted octanol–water partition coefficient (Wildman–Crippen LogP) is 6.56. The highest BCUT2D eigenvalue weighted by Crippen LogP contribution is 2.39. The lowest BCUT2D eigenvalue weighted by Crippen LogP contribution is -2.69. The average Bonchev–Trinajstić information content (AvgIpc) is 2.98. The average molecular weight is 609 g/mol. The highest BCUT2D eigenvalue weighted by atomic mass is 32.2. The standard InChI is InChI=1S/C35H48O5SSi/c1-9-25(2)30-22-20-26(3)33(32(36)31(38-24-41-8)23-21-27(4)34(37)39-30)40-42(35(5,6)7,28-16-12-10-13-17-28)29-18-14-11-15-19-29/h9-21,30-33,36H,22-24H2,1-8H3/b25-9-,26-20+,27-21?/t30-,31-,32-,33-/m1/s1. The first-order valence-corrected chi connectivity index (χ1v) is 18.0. The molecule has 0 saturated heterocycles. The second kappa shape index (κ2) is 15.3. The van der Waals surface area contributed by atoms with E-state index in [4.69, 9.17) is 13.9 Å². The summed E-state index contributed by atoms with van der Waals surface area (Å²) in [7, 11) is -3.02. The largest absolute Gasteiger partial charge is 0.454 e. The molecule has 0 fully saturated rings. The fourth-order valence-electron chi connectivity index (χ4n) is 5.49. The summed E-state index contributed by atoms with van der Waals surface area (Å²) in [6.45, 7) is 14.4. The normalized spacial score (nSPS) is 24.5. The summed E-state index contributed by atoms with van der Waals surface area (Å²) in [5.41, 5.74) is 2.36. The number of ether oxygens (including phenoxy) is 2. The van der Waals surface area contributed by atoms with E-state index in [1.807, 2.05) is 51.3 Å². The molecular formula is C35H48O5SSi. The summed E-state index contributed by atoms with van der Waals surface area (Å²) < 4.78 is 19.7. The van der Waals surface area contributed by atoms with E-state index < -0.39 is 32.7 Å². The van der Waals surface area contributed by atoms with Crippen molar-refractivity contribution in [2.24, 2.45) is 0 Å². The van der Waals surface area contributed by atoms with E-state index in [0.717, 1.165) is 21.5 Å². The van der Waals surface area contributed by atoms with Gasteiger partial charge in [-0.3, -0.25) is 0 Å². The number of aliphatic hydroxyl groups is 1. The van der Waals surface area contributed by atoms with Gasteiger partial charge in [0.15, 0.2) is 0 Å². The zero-order chi connectivity index (χ0) is 30.9. The SMILES string of the molecule is C/C=C(/C)[C@H]1C/C=C(\C)[C@@H](O[Si](c2ccccc2)(c2ccccc2)C(C)(C)C)[C@H](O)[C@H](OCSC)CC=C(C)C(=O)O1. The Kier molecular flexibility index (Phi) is 12.4. The van der Waals surface area contributed by atoms with Crippen molar-refractivity contribution in [1.82, 2.24) is 0 Å². The number of benzene rings is 2. The second-order valence-corrected chi connectivity index (χ2v) is 17.1. The number of rotatable bonds is 8. The molecule has 42 heavy (non-hydrogen) atoms. The van der Waals surface area contributed by atoms with Crippen molar-refractivity contribution in [2.75, 3.05) is 12.2 Å². The molecule has 0 radical (unpaired) electrons. The Morgan fingerprint density at radius 1 is 1.02 bits per heavy atom. The van der Waals surface area contributed by atoms with Gasteiger partial charge in [-0.1, -0.05) is 99.7 Å². The molecule has 0 unspecified atom stereocenters. The van der Waals surface area contributed by atoms with Gasteiger partial charge in [0, 0.05) is 12.0 Å². The fraction of sp³-hybridized carbons (Fsp3) is 0.457. The highest BCUT2D eigenvalue weighted by Gasteiger charge is 2.53. The topological polar surface area (TPSA) is 65.0 Å². The zero-order valence-electron chi connectivity index (χ0n) is 26.4. The lowest BCUT2D eigenvalue weighted by molar-refractivity contribution is -0.142. The Morgan fingerprint density at radius 3 is 2.10 bits per heavy atom. The molecule has 0 spiro atoms. The van der Waals surface area contributed by atoms with Crippen molar-refractivity contribution in [3.05, 3.63) is 95.6 Å². The van der Waals surface area contributed by atoms with Crippen LogP contribution in [0.15, 0.2) is 95.6 Å². The molecule has 3 rings (SSSR count). The molecular weight excluding hydrogens is 561 g/mol. The Bertz CT molecular complexity index is 1210. The van der Waals surface area contributed by atoms with Gasteiger partial charge in [-0.2, -0.15) is 0 Å². The third-order valence-corrected chi connectivity index (χ3v) is 13.5. The summed E-state index contributed by atoms with van der Waals surface area (Å²) in [5, 5.41) is 14.2. The number of thioether (sulfide) groups is 1. The minimum absolute atomic E-state index is 0.273. The first-order valence-electron chi connectivity index (χ1n) is 14.7. The maximum Gasteiger partial charge on any atom is 0.333 e. The molecule has 0 aromatic heterocycles. The Morgan fingerprint density at radius 2 is 1.60 bits per heavy atom. The molecule has 2 aromatic carbocycles. The third kappa shape index (κ3) is 7.94. The van der Waals surface area contributed by atoms with Crippen molar-refractivity contribution in [3.63, 3.8) is 0 Å². The quantitative estimate of drug-likeness (QED) is 0.158. The fourth-order valence-corrected chi connectivity index (χ4v) is 10.5. The van der Waals surface area contributed by atoms with Gasteiger partial charge in [0.2, 0.25) is 0 Å². The lowest BCUT2D eigenvalue weighted by Gasteiger charge is -2.47. The van der Waals surface area contributed by atoms with Crippen LogP contribution < -0.4 is 10.4 Å². The van der Waals surface area contributed by atoms with Crippen LogP contribution in [0, 0.1) is 0 Å². The Hall–Kier alpha value is -2.42. The van der Waals surface area contributed by atoms with Gasteiger partial charge in [0.1, 0.15) is 12.2 Å². The molecule has 228 valence electrons. The lowest BCUT2D eigenvalue weighted by atomic mass is 9.96. The van der Waals surface area contributed by atoms with Crippen LogP contribution in [0.5, 0.6) is 0 Å². The number of carbonyl (C=O) groups is 1. The van der Waals surface area contributed by atoms with Crippen molar-refractivity contribution in [2.45, 2.75) is 90.8 Å². The van der Waals surface area contributed by atoms with Crippen molar-refractivity contribution in [1.29, 1.82) is 0 Å².